The lowest BCUT2D eigenvalue weighted by Crippen LogP contribution is -2.50. The zero-order valence-electron chi connectivity index (χ0n) is 12.9. The van der Waals surface area contributed by atoms with E-state index in [1.165, 1.54) is 48.2 Å². The van der Waals surface area contributed by atoms with Crippen LogP contribution in [-0.2, 0) is 6.54 Å². The van der Waals surface area contributed by atoms with Gasteiger partial charge in [-0.3, -0.25) is 4.90 Å². The van der Waals surface area contributed by atoms with Gasteiger partial charge in [-0.15, -0.1) is 11.3 Å². The monoisotopic (exact) mass is 294 g/mol. The first-order valence-electron chi connectivity index (χ1n) is 7.82. The fourth-order valence-corrected chi connectivity index (χ4v) is 4.22. The van der Waals surface area contributed by atoms with Crippen LogP contribution in [0, 0.1) is 6.92 Å². The molecule has 0 saturated carbocycles. The minimum absolute atomic E-state index is 0.530. The van der Waals surface area contributed by atoms with Crippen molar-refractivity contribution < 1.29 is 0 Å². The number of aromatic nitrogens is 1. The minimum atomic E-state index is 0.530. The van der Waals surface area contributed by atoms with E-state index in [1.807, 2.05) is 11.3 Å². The van der Waals surface area contributed by atoms with E-state index in [2.05, 4.69) is 35.9 Å². The van der Waals surface area contributed by atoms with Gasteiger partial charge in [-0.25, -0.2) is 4.98 Å². The summed E-state index contributed by atoms with van der Waals surface area (Å²) in [7, 11) is 0. The minimum Gasteiger partial charge on any atom is -0.345 e. The first kappa shape index (κ1) is 14.3. The lowest BCUT2D eigenvalue weighted by Gasteiger charge is -2.37. The van der Waals surface area contributed by atoms with E-state index in [1.54, 1.807) is 0 Å². The van der Waals surface area contributed by atoms with Gasteiger partial charge in [0.2, 0.25) is 0 Å². The van der Waals surface area contributed by atoms with Crippen LogP contribution in [0.25, 0.3) is 0 Å². The largest absolute Gasteiger partial charge is 0.345 e. The Morgan fingerprint density at radius 2 is 2.20 bits per heavy atom. The number of hydrogen-bond acceptors (Lipinski definition) is 5. The highest BCUT2D eigenvalue weighted by Gasteiger charge is 2.31. The van der Waals surface area contributed by atoms with Gasteiger partial charge in [0.25, 0.3) is 0 Å². The Kier molecular flexibility index (Phi) is 4.29. The number of aryl methyl sites for hydroxylation is 1. The third-order valence-electron chi connectivity index (χ3n) is 4.41. The average molecular weight is 294 g/mol. The molecule has 2 aliphatic rings. The maximum atomic E-state index is 4.81. The molecule has 0 aromatic carbocycles. The highest BCUT2D eigenvalue weighted by molar-refractivity contribution is 7.15. The maximum Gasteiger partial charge on any atom is 0.185 e. The third kappa shape index (κ3) is 3.00. The second kappa shape index (κ2) is 6.00. The van der Waals surface area contributed by atoms with Crippen molar-refractivity contribution in [2.24, 2.45) is 0 Å². The lowest BCUT2D eigenvalue weighted by molar-refractivity contribution is 0.231. The Morgan fingerprint density at radius 1 is 1.35 bits per heavy atom. The zero-order valence-corrected chi connectivity index (χ0v) is 13.7. The summed E-state index contributed by atoms with van der Waals surface area (Å²) in [6, 6.07) is 1.30. The van der Waals surface area contributed by atoms with Gasteiger partial charge in [0.15, 0.2) is 5.13 Å². The van der Waals surface area contributed by atoms with Crippen LogP contribution in [0.2, 0.25) is 0 Å². The number of anilines is 1. The molecule has 2 aliphatic heterocycles. The summed E-state index contributed by atoms with van der Waals surface area (Å²) in [6.07, 6.45) is 2.74. The van der Waals surface area contributed by atoms with Gasteiger partial charge in [0.05, 0.1) is 5.69 Å². The second-order valence-corrected chi connectivity index (χ2v) is 7.38. The second-order valence-electron chi connectivity index (χ2n) is 6.32. The van der Waals surface area contributed by atoms with Crippen LogP contribution in [-0.4, -0.2) is 48.1 Å². The van der Waals surface area contributed by atoms with E-state index in [9.17, 15) is 0 Å². The van der Waals surface area contributed by atoms with Crippen LogP contribution in [0.4, 0.5) is 5.13 Å². The van der Waals surface area contributed by atoms with Gasteiger partial charge < -0.3 is 10.2 Å². The molecule has 3 rings (SSSR count). The van der Waals surface area contributed by atoms with Gasteiger partial charge in [-0.05, 0) is 26.3 Å². The van der Waals surface area contributed by atoms with E-state index in [0.29, 0.717) is 6.04 Å². The van der Waals surface area contributed by atoms with Crippen LogP contribution in [0.15, 0.2) is 0 Å². The lowest BCUT2D eigenvalue weighted by atomic mass is 10.2. The molecule has 0 radical (unpaired) electrons. The summed E-state index contributed by atoms with van der Waals surface area (Å²) < 4.78 is 0. The normalized spacial score (nSPS) is 23.6. The van der Waals surface area contributed by atoms with Gasteiger partial charge in [0.1, 0.15) is 0 Å². The first-order valence-corrected chi connectivity index (χ1v) is 8.64. The number of nitrogens with one attached hydrogen (secondary N) is 1. The van der Waals surface area contributed by atoms with Crippen molar-refractivity contribution in [3.8, 4) is 0 Å². The predicted octanol–water partition coefficient (Wildman–Crippen LogP) is 2.23. The van der Waals surface area contributed by atoms with Gasteiger partial charge in [0, 0.05) is 43.1 Å². The van der Waals surface area contributed by atoms with Crippen LogP contribution in [0.1, 0.15) is 37.3 Å². The number of nitrogens with zero attached hydrogens (tertiary/aromatic N) is 3. The maximum absolute atomic E-state index is 4.81. The molecule has 20 heavy (non-hydrogen) atoms. The van der Waals surface area contributed by atoms with Crippen molar-refractivity contribution in [3.05, 3.63) is 10.6 Å². The standard InChI is InChI=1S/C15H26N4S/c1-11(2)16-9-14-12(3)17-15(20-14)19-8-7-18-6-4-5-13(18)10-19/h11,13,16H,4-10H2,1-3H3. The van der Waals surface area contributed by atoms with Crippen molar-refractivity contribution in [1.82, 2.24) is 15.2 Å². The Bertz CT molecular complexity index is 457. The molecular formula is C15H26N4S. The molecule has 0 amide bonds. The number of hydrogen-bond donors (Lipinski definition) is 1. The molecule has 1 atom stereocenters. The summed E-state index contributed by atoms with van der Waals surface area (Å²) >= 11 is 1.88. The van der Waals surface area contributed by atoms with Crippen molar-refractivity contribution in [2.45, 2.75) is 52.2 Å². The van der Waals surface area contributed by atoms with E-state index >= 15 is 0 Å². The molecule has 5 heteroatoms. The Hall–Kier alpha value is -0.650. The first-order chi connectivity index (χ1) is 9.63. The summed E-state index contributed by atoms with van der Waals surface area (Å²) in [6.45, 7) is 12.3. The number of thiazole rings is 1. The predicted molar refractivity (Wildman–Crippen MR) is 85.6 cm³/mol. The quantitative estimate of drug-likeness (QED) is 0.923. The van der Waals surface area contributed by atoms with E-state index < -0.39 is 0 Å². The van der Waals surface area contributed by atoms with Gasteiger partial charge in [-0.2, -0.15) is 0 Å². The van der Waals surface area contributed by atoms with Crippen molar-refractivity contribution in [3.63, 3.8) is 0 Å². The SMILES string of the molecule is Cc1nc(N2CCN3CCCC3C2)sc1CNC(C)C. The van der Waals surface area contributed by atoms with E-state index in [-0.39, 0.29) is 0 Å². The zero-order chi connectivity index (χ0) is 14.1. The molecule has 2 fully saturated rings. The molecule has 1 unspecified atom stereocenters. The summed E-state index contributed by atoms with van der Waals surface area (Å²) in [5.41, 5.74) is 1.20. The molecular weight excluding hydrogens is 268 g/mol. The molecule has 0 spiro atoms. The number of fused-ring (bicyclic) bond motifs is 1. The average Bonchev–Trinajstić information content (AvgIpc) is 3.01. The van der Waals surface area contributed by atoms with E-state index in [4.69, 9.17) is 4.98 Å². The molecule has 2 saturated heterocycles. The summed E-state index contributed by atoms with van der Waals surface area (Å²) in [4.78, 5) is 11.4. The number of rotatable bonds is 4. The Labute approximate surface area is 126 Å². The van der Waals surface area contributed by atoms with Gasteiger partial charge in [-0.1, -0.05) is 13.8 Å². The van der Waals surface area contributed by atoms with Crippen LogP contribution >= 0.6 is 11.3 Å². The van der Waals surface area contributed by atoms with E-state index in [0.717, 1.165) is 19.1 Å². The topological polar surface area (TPSA) is 31.4 Å². The summed E-state index contributed by atoms with van der Waals surface area (Å²) in [5, 5.41) is 4.73. The van der Waals surface area contributed by atoms with Crippen LogP contribution in [0.3, 0.4) is 0 Å². The van der Waals surface area contributed by atoms with Crippen LogP contribution < -0.4 is 10.2 Å². The molecule has 112 valence electrons. The van der Waals surface area contributed by atoms with Gasteiger partial charge >= 0.3 is 0 Å². The molecule has 0 bridgehead atoms. The highest BCUT2D eigenvalue weighted by Crippen LogP contribution is 2.30. The molecule has 4 nitrogen and oxygen atoms in total. The molecule has 3 heterocycles. The highest BCUT2D eigenvalue weighted by atomic mass is 32.1. The third-order valence-corrected chi connectivity index (χ3v) is 5.63. The number of piperazine rings is 1. The summed E-state index contributed by atoms with van der Waals surface area (Å²) in [5.74, 6) is 0. The molecule has 1 aromatic heterocycles. The molecule has 0 aliphatic carbocycles. The molecule has 1 N–H and O–H groups in total. The van der Waals surface area contributed by atoms with Crippen LogP contribution in [0.5, 0.6) is 0 Å². The van der Waals surface area contributed by atoms with Crippen molar-refractivity contribution in [1.29, 1.82) is 0 Å². The Balaban J connectivity index is 1.66. The Morgan fingerprint density at radius 3 is 3.00 bits per heavy atom. The fourth-order valence-electron chi connectivity index (χ4n) is 3.17. The van der Waals surface area contributed by atoms with Crippen molar-refractivity contribution >= 4 is 16.5 Å². The van der Waals surface area contributed by atoms with Crippen molar-refractivity contribution in [2.75, 3.05) is 31.1 Å². The molecule has 1 aromatic rings. The fraction of sp³-hybridized carbons (Fsp3) is 0.800. The smallest absolute Gasteiger partial charge is 0.185 e.